The molecule has 1 aliphatic heterocycles. The lowest BCUT2D eigenvalue weighted by Crippen LogP contribution is -2.48. The molecule has 8 heteroatoms. The molecule has 0 aliphatic carbocycles. The quantitative estimate of drug-likeness (QED) is 0.546. The number of hydrogen-bond acceptors (Lipinski definition) is 4. The largest absolute Gasteiger partial charge is 0.490 e. The second-order valence-electron chi connectivity index (χ2n) is 7.63. The predicted molar refractivity (Wildman–Crippen MR) is 121 cm³/mol. The van der Waals surface area contributed by atoms with Crippen LogP contribution in [0, 0.1) is 0 Å². The Morgan fingerprint density at radius 3 is 2.48 bits per heavy atom. The molecule has 2 aromatic carbocycles. The summed E-state index contributed by atoms with van der Waals surface area (Å²) in [5.74, 6) is -0.432. The zero-order chi connectivity index (χ0) is 23.6. The monoisotopic (exact) mass is 458 g/mol. The molecule has 0 spiro atoms. The standard InChI is InChI=1S/C25H28F2N2O4/c1-2-32-22-17-19(10-12-21(22)33-25(26)27)11-13-23(30)28-20(16-18-8-4-3-5-9-18)24(31)29-14-6-7-15-29/h3-5,8-13,17,20,25H,2,6-7,14-16H2,1H3,(H,28,30)/b13-11-/t20-/m1/s1. The number of halogens is 2. The number of benzene rings is 2. The number of hydrogen-bond donors (Lipinski definition) is 1. The summed E-state index contributed by atoms with van der Waals surface area (Å²) >= 11 is 0. The molecule has 1 aliphatic rings. The molecular weight excluding hydrogens is 430 g/mol. The van der Waals surface area contributed by atoms with Crippen LogP contribution < -0.4 is 14.8 Å². The Bertz CT molecular complexity index is 960. The molecule has 2 aromatic rings. The van der Waals surface area contributed by atoms with Crippen molar-refractivity contribution in [2.75, 3.05) is 19.7 Å². The lowest BCUT2D eigenvalue weighted by atomic mass is 10.0. The molecule has 1 atom stereocenters. The van der Waals surface area contributed by atoms with Crippen molar-refractivity contribution in [3.05, 3.63) is 65.7 Å². The summed E-state index contributed by atoms with van der Waals surface area (Å²) in [5.41, 5.74) is 1.52. The van der Waals surface area contributed by atoms with Crippen LogP contribution >= 0.6 is 0 Å². The molecule has 6 nitrogen and oxygen atoms in total. The maximum atomic E-state index is 13.0. The lowest BCUT2D eigenvalue weighted by Gasteiger charge is -2.23. The molecule has 0 aromatic heterocycles. The van der Waals surface area contributed by atoms with Crippen molar-refractivity contribution in [2.45, 2.75) is 38.8 Å². The number of ether oxygens (including phenoxy) is 2. The highest BCUT2D eigenvalue weighted by atomic mass is 19.3. The number of nitrogens with zero attached hydrogens (tertiary/aromatic N) is 1. The summed E-state index contributed by atoms with van der Waals surface area (Å²) in [5, 5.41) is 2.82. The van der Waals surface area contributed by atoms with Gasteiger partial charge in [-0.2, -0.15) is 8.78 Å². The van der Waals surface area contributed by atoms with Gasteiger partial charge in [-0.1, -0.05) is 36.4 Å². The Labute approximate surface area is 192 Å². The van der Waals surface area contributed by atoms with E-state index in [1.54, 1.807) is 17.9 Å². The van der Waals surface area contributed by atoms with Gasteiger partial charge in [0.05, 0.1) is 6.61 Å². The molecule has 0 unspecified atom stereocenters. The van der Waals surface area contributed by atoms with Gasteiger partial charge in [0.1, 0.15) is 6.04 Å². The van der Waals surface area contributed by atoms with Crippen LogP contribution in [0.2, 0.25) is 0 Å². The minimum absolute atomic E-state index is 0.0763. The van der Waals surface area contributed by atoms with Crippen molar-refractivity contribution < 1.29 is 27.8 Å². The molecule has 1 heterocycles. The predicted octanol–water partition coefficient (Wildman–Crippen LogP) is 4.05. The topological polar surface area (TPSA) is 67.9 Å². The van der Waals surface area contributed by atoms with Crippen LogP contribution in [-0.2, 0) is 16.0 Å². The molecule has 33 heavy (non-hydrogen) atoms. The van der Waals surface area contributed by atoms with Gasteiger partial charge in [-0.3, -0.25) is 9.59 Å². The first-order valence-electron chi connectivity index (χ1n) is 11.0. The maximum Gasteiger partial charge on any atom is 0.387 e. The summed E-state index contributed by atoms with van der Waals surface area (Å²) in [6.07, 6.45) is 5.16. The number of carbonyl (C=O) groups is 2. The molecule has 0 radical (unpaired) electrons. The smallest absolute Gasteiger partial charge is 0.387 e. The number of likely N-dealkylation sites (tertiary alicyclic amines) is 1. The van der Waals surface area contributed by atoms with E-state index in [-0.39, 0.29) is 24.0 Å². The number of amides is 2. The van der Waals surface area contributed by atoms with Crippen LogP contribution in [0.5, 0.6) is 11.5 Å². The minimum Gasteiger partial charge on any atom is -0.490 e. The Kier molecular flexibility index (Phi) is 8.80. The Hall–Kier alpha value is -3.42. The summed E-state index contributed by atoms with van der Waals surface area (Å²) in [6.45, 7) is 0.428. The normalized spacial score (nSPS) is 14.5. The average molecular weight is 459 g/mol. The minimum atomic E-state index is -2.97. The highest BCUT2D eigenvalue weighted by Crippen LogP contribution is 2.30. The van der Waals surface area contributed by atoms with Crippen molar-refractivity contribution in [1.29, 1.82) is 0 Å². The maximum absolute atomic E-state index is 13.0. The van der Waals surface area contributed by atoms with E-state index >= 15 is 0 Å². The molecule has 176 valence electrons. The molecule has 1 N–H and O–H groups in total. The summed E-state index contributed by atoms with van der Waals surface area (Å²) in [6, 6.07) is 13.3. The van der Waals surface area contributed by atoms with Gasteiger partial charge in [-0.25, -0.2) is 0 Å². The van der Waals surface area contributed by atoms with E-state index in [4.69, 9.17) is 4.74 Å². The van der Waals surface area contributed by atoms with Gasteiger partial charge in [0.15, 0.2) is 11.5 Å². The van der Waals surface area contributed by atoms with Crippen molar-refractivity contribution >= 4 is 17.9 Å². The van der Waals surface area contributed by atoms with Crippen LogP contribution in [0.3, 0.4) is 0 Å². The van der Waals surface area contributed by atoms with Gasteiger partial charge in [-0.15, -0.1) is 0 Å². The van der Waals surface area contributed by atoms with E-state index in [0.29, 0.717) is 25.1 Å². The zero-order valence-corrected chi connectivity index (χ0v) is 18.5. The second-order valence-corrected chi connectivity index (χ2v) is 7.63. The third-order valence-corrected chi connectivity index (χ3v) is 5.23. The van der Waals surface area contributed by atoms with Gasteiger partial charge in [-0.05, 0) is 49.1 Å². The number of carbonyl (C=O) groups excluding carboxylic acids is 2. The summed E-state index contributed by atoms with van der Waals surface area (Å²) < 4.78 is 35.0. The van der Waals surface area contributed by atoms with Gasteiger partial charge in [0, 0.05) is 25.6 Å². The molecule has 1 fully saturated rings. The van der Waals surface area contributed by atoms with Crippen molar-refractivity contribution in [2.24, 2.45) is 0 Å². The number of rotatable bonds is 10. The van der Waals surface area contributed by atoms with E-state index in [1.165, 1.54) is 24.3 Å². The molecular formula is C25H28F2N2O4. The first-order valence-corrected chi connectivity index (χ1v) is 11.0. The van der Waals surface area contributed by atoms with Crippen LogP contribution in [-0.4, -0.2) is 49.1 Å². The SMILES string of the molecule is CCOc1cc(/C=C\C(=O)N[C@H](Cc2ccccc2)C(=O)N2CCCC2)ccc1OC(F)F. The van der Waals surface area contributed by atoms with Crippen LogP contribution in [0.1, 0.15) is 30.9 Å². The Morgan fingerprint density at radius 2 is 1.82 bits per heavy atom. The Morgan fingerprint density at radius 1 is 1.09 bits per heavy atom. The highest BCUT2D eigenvalue weighted by Gasteiger charge is 2.27. The lowest BCUT2D eigenvalue weighted by molar-refractivity contribution is -0.134. The van der Waals surface area contributed by atoms with Gasteiger partial charge in [0.25, 0.3) is 0 Å². The van der Waals surface area contributed by atoms with Crippen LogP contribution in [0.15, 0.2) is 54.6 Å². The second kappa shape index (κ2) is 12.0. The Balaban J connectivity index is 1.71. The third kappa shape index (κ3) is 7.30. The van der Waals surface area contributed by atoms with Gasteiger partial charge in [0.2, 0.25) is 11.8 Å². The van der Waals surface area contributed by atoms with E-state index in [9.17, 15) is 18.4 Å². The van der Waals surface area contributed by atoms with Gasteiger partial charge < -0.3 is 19.7 Å². The summed E-state index contributed by atoms with van der Waals surface area (Å²) in [7, 11) is 0. The van der Waals surface area contributed by atoms with E-state index in [1.807, 2.05) is 30.3 Å². The van der Waals surface area contributed by atoms with Crippen molar-refractivity contribution in [1.82, 2.24) is 10.2 Å². The molecule has 3 rings (SSSR count). The fraction of sp³-hybridized carbons (Fsp3) is 0.360. The van der Waals surface area contributed by atoms with Crippen LogP contribution in [0.4, 0.5) is 8.78 Å². The summed E-state index contributed by atoms with van der Waals surface area (Å²) in [4.78, 5) is 27.4. The highest BCUT2D eigenvalue weighted by molar-refractivity contribution is 5.95. The third-order valence-electron chi connectivity index (χ3n) is 5.23. The van der Waals surface area contributed by atoms with E-state index in [0.717, 1.165) is 18.4 Å². The fourth-order valence-corrected chi connectivity index (χ4v) is 3.69. The molecule has 0 bridgehead atoms. The first-order chi connectivity index (χ1) is 16.0. The molecule has 0 saturated carbocycles. The fourth-order valence-electron chi connectivity index (χ4n) is 3.69. The number of alkyl halides is 2. The first kappa shape index (κ1) is 24.2. The molecule has 1 saturated heterocycles. The zero-order valence-electron chi connectivity index (χ0n) is 18.5. The van der Waals surface area contributed by atoms with E-state index in [2.05, 4.69) is 10.1 Å². The van der Waals surface area contributed by atoms with Crippen molar-refractivity contribution in [3.8, 4) is 11.5 Å². The van der Waals surface area contributed by atoms with Crippen molar-refractivity contribution in [3.63, 3.8) is 0 Å². The molecule has 2 amide bonds. The van der Waals surface area contributed by atoms with E-state index < -0.39 is 18.6 Å². The van der Waals surface area contributed by atoms with Gasteiger partial charge >= 0.3 is 6.61 Å². The van der Waals surface area contributed by atoms with Crippen LogP contribution in [0.25, 0.3) is 6.08 Å². The number of nitrogens with one attached hydrogen (secondary N) is 1. The average Bonchev–Trinajstić information content (AvgIpc) is 3.34.